The molecule has 4 nitrogen and oxygen atoms in total. The van der Waals surface area contributed by atoms with Gasteiger partial charge < -0.3 is 9.47 Å². The fourth-order valence-corrected chi connectivity index (χ4v) is 5.44. The number of hydrogen-bond acceptors (Lipinski definition) is 5. The van der Waals surface area contributed by atoms with Crippen molar-refractivity contribution in [3.05, 3.63) is 75.1 Å². The zero-order valence-corrected chi connectivity index (χ0v) is 21.0. The van der Waals surface area contributed by atoms with Crippen molar-refractivity contribution >= 4 is 67.0 Å². The minimum atomic E-state index is -0.0618. The maximum absolute atomic E-state index is 12.5. The Kier molecular flexibility index (Phi) is 7.18. The maximum Gasteiger partial charge on any atom is 0.266 e. The molecule has 1 heterocycles. The molecule has 0 radical (unpaired) electrons. The van der Waals surface area contributed by atoms with E-state index in [1.807, 2.05) is 44.2 Å². The monoisotopic (exact) mass is 527 g/mol. The van der Waals surface area contributed by atoms with Gasteiger partial charge in [-0.25, -0.2) is 0 Å². The van der Waals surface area contributed by atoms with Gasteiger partial charge in [-0.2, -0.15) is 0 Å². The molecule has 1 saturated heterocycles. The van der Waals surface area contributed by atoms with E-state index >= 15 is 0 Å². The summed E-state index contributed by atoms with van der Waals surface area (Å²) in [7, 11) is 0. The number of benzene rings is 3. The van der Waals surface area contributed by atoms with E-state index in [2.05, 4.69) is 46.3 Å². The predicted molar refractivity (Wildman–Crippen MR) is 139 cm³/mol. The van der Waals surface area contributed by atoms with E-state index in [0.29, 0.717) is 40.5 Å². The fraction of sp³-hybridized carbons (Fsp3) is 0.200. The van der Waals surface area contributed by atoms with Crippen LogP contribution in [-0.2, 0) is 11.4 Å². The number of carbonyl (C=O) groups is 1. The average Bonchev–Trinajstić information content (AvgIpc) is 3.05. The molecule has 1 fully saturated rings. The van der Waals surface area contributed by atoms with Crippen LogP contribution in [0.15, 0.2) is 64.0 Å². The van der Waals surface area contributed by atoms with E-state index in [1.165, 1.54) is 22.5 Å². The first-order valence-electron chi connectivity index (χ1n) is 10.3. The molecule has 7 heteroatoms. The standard InChI is InChI=1S/C25H22BrNO3S2/c1-3-27-24(28)22(32-25(27)31)14-17-12-20(26)23(21(13-17)29-4-2)30-15-16-9-10-18-7-5-6-8-19(18)11-16/h5-14H,3-4,15H2,1-2H3/b22-14-. The summed E-state index contributed by atoms with van der Waals surface area (Å²) in [5.74, 6) is 1.20. The van der Waals surface area contributed by atoms with Crippen LogP contribution < -0.4 is 9.47 Å². The van der Waals surface area contributed by atoms with Gasteiger partial charge >= 0.3 is 0 Å². The van der Waals surface area contributed by atoms with Crippen molar-refractivity contribution in [2.75, 3.05) is 13.2 Å². The molecule has 0 bridgehead atoms. The highest BCUT2D eigenvalue weighted by atomic mass is 79.9. The first-order chi connectivity index (χ1) is 15.5. The van der Waals surface area contributed by atoms with Gasteiger partial charge in [-0.3, -0.25) is 9.69 Å². The van der Waals surface area contributed by atoms with Crippen molar-refractivity contribution in [2.45, 2.75) is 20.5 Å². The van der Waals surface area contributed by atoms with Crippen molar-refractivity contribution in [3.8, 4) is 11.5 Å². The fourth-order valence-electron chi connectivity index (χ4n) is 3.48. The first-order valence-corrected chi connectivity index (χ1v) is 12.3. The van der Waals surface area contributed by atoms with E-state index in [-0.39, 0.29) is 5.91 Å². The molecule has 32 heavy (non-hydrogen) atoms. The number of nitrogens with zero attached hydrogens (tertiary/aromatic N) is 1. The lowest BCUT2D eigenvalue weighted by atomic mass is 10.1. The number of rotatable bonds is 7. The Balaban J connectivity index is 1.59. The van der Waals surface area contributed by atoms with Crippen LogP contribution in [0.5, 0.6) is 11.5 Å². The number of amides is 1. The molecule has 0 atom stereocenters. The summed E-state index contributed by atoms with van der Waals surface area (Å²) in [4.78, 5) is 14.8. The normalized spacial score (nSPS) is 15.1. The largest absolute Gasteiger partial charge is 0.490 e. The average molecular weight is 528 g/mol. The minimum Gasteiger partial charge on any atom is -0.490 e. The van der Waals surface area contributed by atoms with Gasteiger partial charge in [0.15, 0.2) is 11.5 Å². The second-order valence-corrected chi connectivity index (χ2v) is 9.69. The van der Waals surface area contributed by atoms with E-state index in [9.17, 15) is 4.79 Å². The summed E-state index contributed by atoms with van der Waals surface area (Å²) in [5, 5.41) is 2.38. The van der Waals surface area contributed by atoms with Gasteiger partial charge in [0.25, 0.3) is 5.91 Å². The molecule has 3 aromatic rings. The highest BCUT2D eigenvalue weighted by Crippen LogP contribution is 2.39. The molecule has 0 saturated carbocycles. The van der Waals surface area contributed by atoms with Crippen LogP contribution in [0, 0.1) is 0 Å². The summed E-state index contributed by atoms with van der Waals surface area (Å²) in [6, 6.07) is 18.4. The van der Waals surface area contributed by atoms with Crippen LogP contribution in [0.3, 0.4) is 0 Å². The van der Waals surface area contributed by atoms with Gasteiger partial charge in [-0.05, 0) is 76.0 Å². The lowest BCUT2D eigenvalue weighted by Gasteiger charge is -2.15. The molecule has 4 rings (SSSR count). The zero-order chi connectivity index (χ0) is 22.7. The van der Waals surface area contributed by atoms with Gasteiger partial charge in [0.2, 0.25) is 0 Å². The summed E-state index contributed by atoms with van der Waals surface area (Å²) < 4.78 is 13.4. The van der Waals surface area contributed by atoms with Gasteiger partial charge in [-0.15, -0.1) is 0 Å². The third-order valence-corrected chi connectivity index (χ3v) is 6.98. The smallest absolute Gasteiger partial charge is 0.266 e. The maximum atomic E-state index is 12.5. The third-order valence-electron chi connectivity index (χ3n) is 5.02. The van der Waals surface area contributed by atoms with Gasteiger partial charge in [0.05, 0.1) is 16.0 Å². The molecule has 0 N–H and O–H groups in total. The summed E-state index contributed by atoms with van der Waals surface area (Å²) in [6.45, 7) is 5.33. The number of hydrogen-bond donors (Lipinski definition) is 0. The highest BCUT2D eigenvalue weighted by molar-refractivity contribution is 9.10. The van der Waals surface area contributed by atoms with E-state index in [0.717, 1.165) is 15.6 Å². The lowest BCUT2D eigenvalue weighted by molar-refractivity contribution is -0.121. The molecule has 0 spiro atoms. The second-order valence-electron chi connectivity index (χ2n) is 7.16. The Labute approximate surface area is 205 Å². The molecule has 0 unspecified atom stereocenters. The summed E-state index contributed by atoms with van der Waals surface area (Å²) >= 11 is 10.2. The van der Waals surface area contributed by atoms with Gasteiger partial charge in [0, 0.05) is 6.54 Å². The van der Waals surface area contributed by atoms with Crippen molar-refractivity contribution in [2.24, 2.45) is 0 Å². The number of likely N-dealkylation sites (N-methyl/N-ethyl adjacent to an activating group) is 1. The van der Waals surface area contributed by atoms with Crippen LogP contribution in [-0.4, -0.2) is 28.3 Å². The third kappa shape index (κ3) is 4.85. The Morgan fingerprint density at radius 2 is 1.84 bits per heavy atom. The molecule has 1 amide bonds. The van der Waals surface area contributed by atoms with Crippen molar-refractivity contribution < 1.29 is 14.3 Å². The Morgan fingerprint density at radius 1 is 1.06 bits per heavy atom. The Morgan fingerprint density at radius 3 is 2.56 bits per heavy atom. The Bertz CT molecular complexity index is 1230. The minimum absolute atomic E-state index is 0.0618. The van der Waals surface area contributed by atoms with Crippen molar-refractivity contribution in [3.63, 3.8) is 0 Å². The Hall–Kier alpha value is -2.35. The van der Waals surface area contributed by atoms with E-state index in [1.54, 1.807) is 4.90 Å². The summed E-state index contributed by atoms with van der Waals surface area (Å²) in [5.41, 5.74) is 1.92. The zero-order valence-electron chi connectivity index (χ0n) is 17.8. The number of carbonyl (C=O) groups excluding carboxylic acids is 1. The highest BCUT2D eigenvalue weighted by Gasteiger charge is 2.30. The number of thioether (sulfide) groups is 1. The van der Waals surface area contributed by atoms with Crippen LogP contribution >= 0.6 is 39.9 Å². The van der Waals surface area contributed by atoms with Crippen LogP contribution in [0.25, 0.3) is 16.8 Å². The van der Waals surface area contributed by atoms with Crippen LogP contribution in [0.4, 0.5) is 0 Å². The molecule has 0 aromatic heterocycles. The molecule has 164 valence electrons. The second kappa shape index (κ2) is 10.1. The van der Waals surface area contributed by atoms with Gasteiger partial charge in [-0.1, -0.05) is 60.4 Å². The number of fused-ring (bicyclic) bond motifs is 1. The number of ether oxygens (including phenoxy) is 2. The predicted octanol–water partition coefficient (Wildman–Crippen LogP) is 6.80. The topological polar surface area (TPSA) is 38.8 Å². The first kappa shape index (κ1) is 22.8. The molecule has 1 aliphatic rings. The molecular weight excluding hydrogens is 506 g/mol. The SMILES string of the molecule is CCOc1cc(/C=C2\SC(=S)N(CC)C2=O)cc(Br)c1OCc1ccc2ccccc2c1. The molecular formula is C25H22BrNO3S2. The summed E-state index contributed by atoms with van der Waals surface area (Å²) in [6.07, 6.45) is 1.84. The van der Waals surface area contributed by atoms with Crippen LogP contribution in [0.1, 0.15) is 25.0 Å². The van der Waals surface area contributed by atoms with E-state index < -0.39 is 0 Å². The number of halogens is 1. The van der Waals surface area contributed by atoms with Crippen molar-refractivity contribution in [1.82, 2.24) is 4.90 Å². The van der Waals surface area contributed by atoms with Gasteiger partial charge in [0.1, 0.15) is 10.9 Å². The van der Waals surface area contributed by atoms with E-state index in [4.69, 9.17) is 21.7 Å². The molecule has 0 aliphatic carbocycles. The quantitative estimate of drug-likeness (QED) is 0.249. The lowest BCUT2D eigenvalue weighted by Crippen LogP contribution is -2.27. The molecule has 3 aromatic carbocycles. The molecule has 1 aliphatic heterocycles. The van der Waals surface area contributed by atoms with Crippen molar-refractivity contribution in [1.29, 1.82) is 0 Å². The van der Waals surface area contributed by atoms with Crippen LogP contribution in [0.2, 0.25) is 0 Å². The number of thiocarbonyl (C=S) groups is 1.